The molecule has 0 saturated carbocycles. The maximum atomic E-state index is 11.6. The first-order chi connectivity index (χ1) is 8.51. The number of nitrogens with zero attached hydrogens (tertiary/aromatic N) is 1. The van der Waals surface area contributed by atoms with E-state index in [2.05, 4.69) is 13.1 Å². The molecule has 0 atom stereocenters. The van der Waals surface area contributed by atoms with Crippen molar-refractivity contribution in [3.63, 3.8) is 0 Å². The summed E-state index contributed by atoms with van der Waals surface area (Å²) >= 11 is 0. The van der Waals surface area contributed by atoms with Crippen LogP contribution in [0.5, 0.6) is 0 Å². The summed E-state index contributed by atoms with van der Waals surface area (Å²) in [6.45, 7) is 6.20. The zero-order valence-electron chi connectivity index (χ0n) is 10.9. The Bertz CT molecular complexity index is 486. The molecule has 0 radical (unpaired) electrons. The van der Waals surface area contributed by atoms with Crippen molar-refractivity contribution in [1.29, 1.82) is 5.26 Å². The Kier molecular flexibility index (Phi) is 4.87. The van der Waals surface area contributed by atoms with Gasteiger partial charge in [0.1, 0.15) is 19.7 Å². The van der Waals surface area contributed by atoms with Gasteiger partial charge in [-0.1, -0.05) is 54.3 Å². The van der Waals surface area contributed by atoms with Gasteiger partial charge in [0.05, 0.1) is 6.61 Å². The van der Waals surface area contributed by atoms with Crippen LogP contribution in [0.1, 0.15) is 6.92 Å². The number of esters is 1. The number of carbonyl (C=O) groups is 1. The second-order valence-corrected chi connectivity index (χ2v) is 8.79. The number of hydrogen-bond donors (Lipinski definition) is 0. The Morgan fingerprint density at radius 1 is 1.39 bits per heavy atom. The summed E-state index contributed by atoms with van der Waals surface area (Å²) in [6.07, 6.45) is 0. The first-order valence-corrected chi connectivity index (χ1v) is 8.94. The highest BCUT2D eigenvalue weighted by molar-refractivity contribution is 6.94. The van der Waals surface area contributed by atoms with E-state index in [9.17, 15) is 4.79 Å². The Hall–Kier alpha value is -1.86. The van der Waals surface area contributed by atoms with E-state index in [-0.39, 0.29) is 12.2 Å². The van der Waals surface area contributed by atoms with E-state index < -0.39 is 14.0 Å². The van der Waals surface area contributed by atoms with Gasteiger partial charge in [-0.25, -0.2) is 4.79 Å². The van der Waals surface area contributed by atoms with Gasteiger partial charge in [0.25, 0.3) is 0 Å². The Labute approximate surface area is 109 Å². The lowest BCUT2D eigenvalue weighted by atomic mass is 10.3. The number of nitriles is 1. The van der Waals surface area contributed by atoms with Crippen molar-refractivity contribution in [2.75, 3.05) is 6.61 Å². The van der Waals surface area contributed by atoms with Crippen LogP contribution in [0, 0.1) is 11.3 Å². The number of ether oxygens (including phenoxy) is 1. The highest BCUT2D eigenvalue weighted by Gasteiger charge is 2.23. The number of benzene rings is 1. The van der Waals surface area contributed by atoms with Gasteiger partial charge in [-0.05, 0) is 6.92 Å². The SMILES string of the molecule is CCOC(=O)/C(C#N)=C\[Si](C)(C)c1ccccc1. The minimum Gasteiger partial charge on any atom is -0.462 e. The maximum Gasteiger partial charge on any atom is 0.348 e. The summed E-state index contributed by atoms with van der Waals surface area (Å²) in [6, 6.07) is 11.9. The van der Waals surface area contributed by atoms with Crippen LogP contribution in [0.15, 0.2) is 41.6 Å². The summed E-state index contributed by atoms with van der Waals surface area (Å²) in [5.41, 5.74) is 1.90. The van der Waals surface area contributed by atoms with Gasteiger partial charge < -0.3 is 4.74 Å². The lowest BCUT2D eigenvalue weighted by molar-refractivity contribution is -0.138. The molecule has 0 unspecified atom stereocenters. The van der Waals surface area contributed by atoms with Crippen LogP contribution in [-0.4, -0.2) is 20.7 Å². The maximum absolute atomic E-state index is 11.6. The topological polar surface area (TPSA) is 50.1 Å². The molecule has 1 aromatic carbocycles. The van der Waals surface area contributed by atoms with E-state index in [4.69, 9.17) is 10.00 Å². The third kappa shape index (κ3) is 3.57. The van der Waals surface area contributed by atoms with Crippen LogP contribution >= 0.6 is 0 Å². The molecule has 0 fully saturated rings. The minimum absolute atomic E-state index is 0.109. The van der Waals surface area contributed by atoms with Gasteiger partial charge in [0, 0.05) is 0 Å². The molecule has 0 bridgehead atoms. The van der Waals surface area contributed by atoms with Gasteiger partial charge in [0.15, 0.2) is 0 Å². The molecule has 3 nitrogen and oxygen atoms in total. The molecule has 1 aromatic rings. The first-order valence-electron chi connectivity index (χ1n) is 5.87. The summed E-state index contributed by atoms with van der Waals surface area (Å²) in [5, 5.41) is 10.2. The van der Waals surface area contributed by atoms with Crippen LogP contribution in [0.3, 0.4) is 0 Å². The van der Waals surface area contributed by atoms with Crippen molar-refractivity contribution in [3.8, 4) is 6.07 Å². The molecule has 0 spiro atoms. The van der Waals surface area contributed by atoms with Crippen LogP contribution in [-0.2, 0) is 9.53 Å². The van der Waals surface area contributed by atoms with Crippen molar-refractivity contribution < 1.29 is 9.53 Å². The molecule has 94 valence electrons. The lowest BCUT2D eigenvalue weighted by Crippen LogP contribution is -2.40. The van der Waals surface area contributed by atoms with Crippen molar-refractivity contribution in [3.05, 3.63) is 41.6 Å². The van der Waals surface area contributed by atoms with E-state index in [1.54, 1.807) is 12.6 Å². The van der Waals surface area contributed by atoms with Crippen molar-refractivity contribution in [1.82, 2.24) is 0 Å². The fourth-order valence-corrected chi connectivity index (χ4v) is 3.78. The third-order valence-corrected chi connectivity index (χ3v) is 5.47. The van der Waals surface area contributed by atoms with Crippen LogP contribution in [0.25, 0.3) is 0 Å². The molecule has 1 rings (SSSR count). The van der Waals surface area contributed by atoms with Gasteiger partial charge in [-0.15, -0.1) is 0 Å². The second kappa shape index (κ2) is 6.17. The van der Waals surface area contributed by atoms with E-state index >= 15 is 0 Å². The zero-order valence-corrected chi connectivity index (χ0v) is 11.9. The Morgan fingerprint density at radius 2 is 2.00 bits per heavy atom. The average molecular weight is 259 g/mol. The third-order valence-electron chi connectivity index (χ3n) is 2.64. The average Bonchev–Trinajstić information content (AvgIpc) is 2.37. The highest BCUT2D eigenvalue weighted by atomic mass is 28.3. The zero-order chi connectivity index (χ0) is 13.6. The summed E-state index contributed by atoms with van der Waals surface area (Å²) in [4.78, 5) is 11.6. The number of rotatable bonds is 4. The molecule has 0 amide bonds. The van der Waals surface area contributed by atoms with Gasteiger partial charge in [0.2, 0.25) is 0 Å². The monoisotopic (exact) mass is 259 g/mol. The first kappa shape index (κ1) is 14.2. The Balaban J connectivity index is 3.06. The van der Waals surface area contributed by atoms with Gasteiger partial charge in [-0.2, -0.15) is 5.26 Å². The van der Waals surface area contributed by atoms with Crippen molar-refractivity contribution >= 4 is 19.2 Å². The van der Waals surface area contributed by atoms with Crippen molar-refractivity contribution in [2.45, 2.75) is 20.0 Å². The molecule has 4 heteroatoms. The standard InChI is InChI=1S/C14H17NO2Si/c1-4-17-14(16)12(10-15)11-18(2,3)13-8-6-5-7-9-13/h5-9,11H,4H2,1-3H3/b12-11-. The lowest BCUT2D eigenvalue weighted by Gasteiger charge is -2.18. The fraction of sp³-hybridized carbons (Fsp3) is 0.286. The normalized spacial score (nSPS) is 11.8. The molecule has 0 N–H and O–H groups in total. The van der Waals surface area contributed by atoms with Gasteiger partial charge in [-0.3, -0.25) is 0 Å². The van der Waals surface area contributed by atoms with Crippen LogP contribution in [0.2, 0.25) is 13.1 Å². The fourth-order valence-electron chi connectivity index (χ4n) is 1.66. The number of hydrogen-bond acceptors (Lipinski definition) is 3. The predicted molar refractivity (Wildman–Crippen MR) is 73.9 cm³/mol. The van der Waals surface area contributed by atoms with E-state index in [0.29, 0.717) is 0 Å². The molecule has 0 heterocycles. The smallest absolute Gasteiger partial charge is 0.348 e. The summed E-state index contributed by atoms with van der Waals surface area (Å²) in [5.74, 6) is -0.531. The molecule has 0 aromatic heterocycles. The molecule has 18 heavy (non-hydrogen) atoms. The summed E-state index contributed by atoms with van der Waals surface area (Å²) < 4.78 is 4.87. The molecule has 0 aliphatic heterocycles. The molecule has 0 aliphatic carbocycles. The summed E-state index contributed by atoms with van der Waals surface area (Å²) in [7, 11) is -1.94. The quantitative estimate of drug-likeness (QED) is 0.360. The second-order valence-electron chi connectivity index (χ2n) is 4.48. The predicted octanol–water partition coefficient (Wildman–Crippen LogP) is 2.15. The van der Waals surface area contributed by atoms with E-state index in [1.165, 1.54) is 5.19 Å². The highest BCUT2D eigenvalue weighted by Crippen LogP contribution is 2.09. The largest absolute Gasteiger partial charge is 0.462 e. The van der Waals surface area contributed by atoms with Gasteiger partial charge >= 0.3 is 5.97 Å². The Morgan fingerprint density at radius 3 is 2.50 bits per heavy atom. The number of carbonyl (C=O) groups excluding carboxylic acids is 1. The van der Waals surface area contributed by atoms with Crippen LogP contribution < -0.4 is 5.19 Å². The minimum atomic E-state index is -1.94. The molecule has 0 aliphatic rings. The van der Waals surface area contributed by atoms with Crippen molar-refractivity contribution in [2.24, 2.45) is 0 Å². The molecular formula is C14H17NO2Si. The van der Waals surface area contributed by atoms with E-state index in [1.807, 2.05) is 36.4 Å². The molecule has 0 saturated heterocycles. The van der Waals surface area contributed by atoms with E-state index in [0.717, 1.165) is 0 Å². The molecular weight excluding hydrogens is 242 g/mol. The van der Waals surface area contributed by atoms with Crippen LogP contribution in [0.4, 0.5) is 0 Å².